The second kappa shape index (κ2) is 6.74. The normalized spacial score (nSPS) is 23.2. The molecule has 0 radical (unpaired) electrons. The van der Waals surface area contributed by atoms with Crippen LogP contribution in [0.1, 0.15) is 61.8 Å². The molecule has 2 heteroatoms. The molecule has 25 heavy (non-hydrogen) atoms. The lowest BCUT2D eigenvalue weighted by atomic mass is 9.64. The van der Waals surface area contributed by atoms with Crippen LogP contribution >= 0.6 is 0 Å². The molecule has 2 unspecified atom stereocenters. The number of benzene rings is 2. The Labute approximate surface area is 151 Å². The summed E-state index contributed by atoms with van der Waals surface area (Å²) in [7, 11) is 0. The number of hydrogen-bond donors (Lipinski definition) is 2. The number of aromatic hydroxyl groups is 2. The lowest BCUT2D eigenvalue weighted by Gasteiger charge is -2.39. The van der Waals surface area contributed by atoms with Gasteiger partial charge in [-0.1, -0.05) is 44.5 Å². The van der Waals surface area contributed by atoms with Crippen molar-refractivity contribution in [3.8, 4) is 11.5 Å². The van der Waals surface area contributed by atoms with Crippen molar-refractivity contribution in [3.05, 3.63) is 58.7 Å². The first-order chi connectivity index (χ1) is 12.0. The zero-order valence-electron chi connectivity index (χ0n) is 15.8. The van der Waals surface area contributed by atoms with Crippen LogP contribution in [0.2, 0.25) is 0 Å². The van der Waals surface area contributed by atoms with Gasteiger partial charge in [0.25, 0.3) is 0 Å². The molecule has 2 saturated carbocycles. The largest absolute Gasteiger partial charge is 0.508 e. The molecular formula is C23H30O2. The maximum Gasteiger partial charge on any atom is 0.118 e. The molecule has 2 aromatic rings. The highest BCUT2D eigenvalue weighted by Crippen LogP contribution is 2.60. The van der Waals surface area contributed by atoms with Gasteiger partial charge >= 0.3 is 0 Å². The van der Waals surface area contributed by atoms with Gasteiger partial charge in [0.2, 0.25) is 0 Å². The molecule has 2 aromatic carbocycles. The van der Waals surface area contributed by atoms with Crippen LogP contribution in [0.3, 0.4) is 0 Å². The maximum atomic E-state index is 9.92. The standard InChI is InChI=1S/C21H24O2.C2H6/c1-13-9-16(5-7-19(13)22)21(12-15-3-4-18(21)11-15)17-6-8-20(23)14(2)10-17;1-2/h5-10,15,18,22-23H,3-4,11-12H2,1-2H3;1-2H3. The van der Waals surface area contributed by atoms with Gasteiger partial charge in [0.15, 0.2) is 0 Å². The van der Waals surface area contributed by atoms with Gasteiger partial charge in [0, 0.05) is 5.41 Å². The molecule has 0 aromatic heterocycles. The number of fused-ring (bicyclic) bond motifs is 2. The van der Waals surface area contributed by atoms with E-state index in [9.17, 15) is 10.2 Å². The van der Waals surface area contributed by atoms with Gasteiger partial charge in [-0.25, -0.2) is 0 Å². The molecule has 2 bridgehead atoms. The molecule has 0 saturated heterocycles. The molecule has 4 rings (SSSR count). The van der Waals surface area contributed by atoms with Gasteiger partial charge in [-0.2, -0.15) is 0 Å². The predicted molar refractivity (Wildman–Crippen MR) is 103 cm³/mol. The van der Waals surface area contributed by atoms with Crippen molar-refractivity contribution in [2.45, 2.75) is 58.8 Å². The van der Waals surface area contributed by atoms with E-state index < -0.39 is 0 Å². The summed E-state index contributed by atoms with van der Waals surface area (Å²) < 4.78 is 0. The monoisotopic (exact) mass is 338 g/mol. The minimum absolute atomic E-state index is 0.0415. The highest BCUT2D eigenvalue weighted by Gasteiger charge is 2.52. The third kappa shape index (κ3) is 2.82. The fourth-order valence-corrected chi connectivity index (χ4v) is 5.07. The van der Waals surface area contributed by atoms with Crippen molar-refractivity contribution >= 4 is 0 Å². The first kappa shape index (κ1) is 17.8. The average molecular weight is 338 g/mol. The highest BCUT2D eigenvalue weighted by molar-refractivity contribution is 5.49. The Morgan fingerprint density at radius 1 is 0.840 bits per heavy atom. The molecule has 2 atom stereocenters. The van der Waals surface area contributed by atoms with E-state index in [0.717, 1.165) is 17.0 Å². The number of phenols is 2. The summed E-state index contributed by atoms with van der Waals surface area (Å²) in [5.74, 6) is 2.21. The van der Waals surface area contributed by atoms with Crippen molar-refractivity contribution in [1.82, 2.24) is 0 Å². The Morgan fingerprint density at radius 2 is 1.36 bits per heavy atom. The molecule has 0 spiro atoms. The van der Waals surface area contributed by atoms with Crippen LogP contribution in [-0.2, 0) is 5.41 Å². The van der Waals surface area contributed by atoms with Crippen molar-refractivity contribution < 1.29 is 10.2 Å². The summed E-state index contributed by atoms with van der Waals surface area (Å²) in [4.78, 5) is 0. The zero-order valence-corrected chi connectivity index (χ0v) is 15.8. The zero-order chi connectivity index (χ0) is 18.2. The first-order valence-corrected chi connectivity index (χ1v) is 9.61. The SMILES string of the molecule is CC.Cc1cc(C2(c3ccc(O)c(C)c3)CC3CCC2C3)ccc1O. The Morgan fingerprint density at radius 3 is 1.72 bits per heavy atom. The number of hydrogen-bond acceptors (Lipinski definition) is 2. The van der Waals surface area contributed by atoms with Gasteiger partial charge in [0.1, 0.15) is 11.5 Å². The minimum Gasteiger partial charge on any atom is -0.508 e. The Kier molecular flexibility index (Phi) is 4.81. The quantitative estimate of drug-likeness (QED) is 0.721. The van der Waals surface area contributed by atoms with Crippen LogP contribution < -0.4 is 0 Å². The Balaban J connectivity index is 0.000000880. The number of rotatable bonds is 2. The third-order valence-corrected chi connectivity index (χ3v) is 6.27. The second-order valence-corrected chi connectivity index (χ2v) is 7.55. The van der Waals surface area contributed by atoms with E-state index in [1.165, 1.54) is 36.8 Å². The van der Waals surface area contributed by atoms with E-state index in [1.807, 2.05) is 39.8 Å². The average Bonchev–Trinajstić information content (AvgIpc) is 3.23. The maximum absolute atomic E-state index is 9.92. The Hall–Kier alpha value is -1.96. The van der Waals surface area contributed by atoms with Crippen LogP contribution in [0, 0.1) is 25.7 Å². The molecule has 2 aliphatic rings. The lowest BCUT2D eigenvalue weighted by molar-refractivity contribution is 0.319. The summed E-state index contributed by atoms with van der Waals surface area (Å²) in [5.41, 5.74) is 4.58. The molecule has 0 heterocycles. The summed E-state index contributed by atoms with van der Waals surface area (Å²) >= 11 is 0. The third-order valence-electron chi connectivity index (χ3n) is 6.27. The van der Waals surface area contributed by atoms with Gasteiger partial charge in [-0.3, -0.25) is 0 Å². The van der Waals surface area contributed by atoms with E-state index in [4.69, 9.17) is 0 Å². The lowest BCUT2D eigenvalue weighted by Crippen LogP contribution is -2.34. The molecule has 2 aliphatic carbocycles. The van der Waals surface area contributed by atoms with E-state index >= 15 is 0 Å². The van der Waals surface area contributed by atoms with Crippen molar-refractivity contribution in [1.29, 1.82) is 0 Å². The first-order valence-electron chi connectivity index (χ1n) is 9.61. The van der Waals surface area contributed by atoms with Gasteiger partial charge in [0.05, 0.1) is 0 Å². The van der Waals surface area contributed by atoms with Crippen molar-refractivity contribution in [2.24, 2.45) is 11.8 Å². The van der Waals surface area contributed by atoms with E-state index in [0.29, 0.717) is 17.4 Å². The fraction of sp³-hybridized carbons (Fsp3) is 0.478. The molecule has 2 fully saturated rings. The number of phenolic OH excluding ortho intramolecular Hbond substituents is 2. The van der Waals surface area contributed by atoms with E-state index in [-0.39, 0.29) is 5.41 Å². The molecule has 2 nitrogen and oxygen atoms in total. The topological polar surface area (TPSA) is 40.5 Å². The van der Waals surface area contributed by atoms with Gasteiger partial charge < -0.3 is 10.2 Å². The number of aryl methyl sites for hydroxylation is 2. The minimum atomic E-state index is 0.0415. The van der Waals surface area contributed by atoms with Crippen LogP contribution in [0.15, 0.2) is 36.4 Å². The molecule has 0 amide bonds. The summed E-state index contributed by atoms with van der Waals surface area (Å²) in [6.45, 7) is 7.95. The highest BCUT2D eigenvalue weighted by atomic mass is 16.3. The van der Waals surface area contributed by atoms with E-state index in [1.54, 1.807) is 0 Å². The molecule has 2 N–H and O–H groups in total. The van der Waals surface area contributed by atoms with Crippen LogP contribution in [0.4, 0.5) is 0 Å². The van der Waals surface area contributed by atoms with E-state index in [2.05, 4.69) is 24.3 Å². The smallest absolute Gasteiger partial charge is 0.118 e. The molecule has 134 valence electrons. The second-order valence-electron chi connectivity index (χ2n) is 7.55. The Bertz CT molecular complexity index is 711. The summed E-state index contributed by atoms with van der Waals surface area (Å²) in [6.07, 6.45) is 5.12. The van der Waals surface area contributed by atoms with Gasteiger partial charge in [-0.05, 0) is 79.3 Å². The summed E-state index contributed by atoms with van der Waals surface area (Å²) in [5, 5.41) is 19.8. The fourth-order valence-electron chi connectivity index (χ4n) is 5.07. The van der Waals surface area contributed by atoms with Crippen LogP contribution in [0.25, 0.3) is 0 Å². The molecule has 0 aliphatic heterocycles. The van der Waals surface area contributed by atoms with Crippen LogP contribution in [-0.4, -0.2) is 10.2 Å². The van der Waals surface area contributed by atoms with Crippen molar-refractivity contribution in [2.75, 3.05) is 0 Å². The summed E-state index contributed by atoms with van der Waals surface area (Å²) in [6, 6.07) is 12.2. The van der Waals surface area contributed by atoms with Crippen LogP contribution in [0.5, 0.6) is 11.5 Å². The molecular weight excluding hydrogens is 308 g/mol. The predicted octanol–water partition coefficient (Wildman–Crippen LogP) is 5.85. The van der Waals surface area contributed by atoms with Gasteiger partial charge in [-0.15, -0.1) is 0 Å². The van der Waals surface area contributed by atoms with Crippen molar-refractivity contribution in [3.63, 3.8) is 0 Å².